The molecule has 6 nitrogen and oxygen atoms in total. The molecule has 8 heteroatoms. The van der Waals surface area contributed by atoms with Crippen LogP contribution >= 0.6 is 22.9 Å². The molecule has 4 rings (SSSR count). The summed E-state index contributed by atoms with van der Waals surface area (Å²) in [4.78, 5) is 35.3. The minimum absolute atomic E-state index is 0.0758. The van der Waals surface area contributed by atoms with Crippen molar-refractivity contribution in [3.63, 3.8) is 0 Å². The van der Waals surface area contributed by atoms with E-state index in [1.165, 1.54) is 11.3 Å². The van der Waals surface area contributed by atoms with Crippen molar-refractivity contribution in [3.05, 3.63) is 57.2 Å². The third kappa shape index (κ3) is 4.62. The van der Waals surface area contributed by atoms with Crippen molar-refractivity contribution < 1.29 is 14.3 Å². The van der Waals surface area contributed by atoms with Crippen LogP contribution in [0.25, 0.3) is 0 Å². The van der Waals surface area contributed by atoms with E-state index in [2.05, 4.69) is 0 Å². The lowest BCUT2D eigenvalue weighted by Gasteiger charge is -2.43. The van der Waals surface area contributed by atoms with Crippen molar-refractivity contribution >= 4 is 40.6 Å². The molecule has 0 saturated carbocycles. The molecule has 164 valence electrons. The zero-order chi connectivity index (χ0) is 22.2. The average Bonchev–Trinajstić information content (AvgIpc) is 3.31. The van der Waals surface area contributed by atoms with Gasteiger partial charge in [0, 0.05) is 37.5 Å². The van der Waals surface area contributed by atoms with Crippen LogP contribution in [0, 0.1) is 0 Å². The monoisotopic (exact) mass is 459 g/mol. The lowest BCUT2D eigenvalue weighted by Crippen LogP contribution is -2.54. The molecule has 1 saturated heterocycles. The Morgan fingerprint density at radius 1 is 1.23 bits per heavy atom. The summed E-state index contributed by atoms with van der Waals surface area (Å²) in [7, 11) is 0. The summed E-state index contributed by atoms with van der Waals surface area (Å²) in [6.45, 7) is 6.96. The first-order valence-electron chi connectivity index (χ1n) is 10.3. The van der Waals surface area contributed by atoms with Crippen LogP contribution in [-0.4, -0.2) is 51.9 Å². The summed E-state index contributed by atoms with van der Waals surface area (Å²) in [5.74, 6) is -0.0758. The molecule has 1 fully saturated rings. The number of carbonyl (C=O) groups is 2. The van der Waals surface area contributed by atoms with Gasteiger partial charge in [0.05, 0.1) is 4.88 Å². The molecule has 1 aromatic carbocycles. The first-order chi connectivity index (χ1) is 14.7. The quantitative estimate of drug-likeness (QED) is 0.651. The van der Waals surface area contributed by atoms with Crippen molar-refractivity contribution in [2.45, 2.75) is 51.4 Å². The molecule has 2 aliphatic rings. The van der Waals surface area contributed by atoms with E-state index >= 15 is 0 Å². The van der Waals surface area contributed by atoms with E-state index in [-0.39, 0.29) is 12.0 Å². The Balaban J connectivity index is 1.59. The van der Waals surface area contributed by atoms with Gasteiger partial charge >= 0.3 is 6.09 Å². The van der Waals surface area contributed by atoms with Gasteiger partial charge in [0.1, 0.15) is 17.0 Å². The van der Waals surface area contributed by atoms with Crippen LogP contribution in [0.5, 0.6) is 0 Å². The Labute approximate surface area is 191 Å². The van der Waals surface area contributed by atoms with Gasteiger partial charge in [0.25, 0.3) is 5.91 Å². The van der Waals surface area contributed by atoms with E-state index in [0.717, 1.165) is 10.4 Å². The van der Waals surface area contributed by atoms with E-state index in [4.69, 9.17) is 21.3 Å². The van der Waals surface area contributed by atoms with Gasteiger partial charge in [-0.15, -0.1) is 11.3 Å². The Hall–Kier alpha value is -2.38. The molecule has 3 heterocycles. The van der Waals surface area contributed by atoms with Gasteiger partial charge in [-0.1, -0.05) is 29.8 Å². The number of hydrogen-bond acceptors (Lipinski definition) is 5. The molecule has 1 aromatic heterocycles. The third-order valence-electron chi connectivity index (χ3n) is 5.47. The molecule has 2 aromatic rings. The highest BCUT2D eigenvalue weighted by molar-refractivity contribution is 7.13. The van der Waals surface area contributed by atoms with Crippen molar-refractivity contribution in [1.82, 2.24) is 9.80 Å². The number of hydrogen-bond donors (Lipinski definition) is 0. The highest BCUT2D eigenvalue weighted by Gasteiger charge is 2.49. The van der Waals surface area contributed by atoms with Gasteiger partial charge in [-0.25, -0.2) is 9.79 Å². The van der Waals surface area contributed by atoms with Gasteiger partial charge in [0.2, 0.25) is 0 Å². The maximum absolute atomic E-state index is 13.4. The van der Waals surface area contributed by atoms with Crippen molar-refractivity contribution in [2.24, 2.45) is 4.99 Å². The second-order valence-electron chi connectivity index (χ2n) is 8.91. The van der Waals surface area contributed by atoms with Gasteiger partial charge in [0.15, 0.2) is 0 Å². The summed E-state index contributed by atoms with van der Waals surface area (Å²) in [6, 6.07) is 11.4. The van der Waals surface area contributed by atoms with Crippen LogP contribution in [-0.2, 0) is 16.1 Å². The number of aliphatic imine (C=N–C) groups is 1. The van der Waals surface area contributed by atoms with Gasteiger partial charge in [-0.3, -0.25) is 4.79 Å². The van der Waals surface area contributed by atoms with Crippen LogP contribution in [0.2, 0.25) is 5.02 Å². The van der Waals surface area contributed by atoms with Crippen molar-refractivity contribution in [1.29, 1.82) is 0 Å². The smallest absolute Gasteiger partial charge is 0.410 e. The summed E-state index contributed by atoms with van der Waals surface area (Å²) >= 11 is 7.68. The van der Waals surface area contributed by atoms with Gasteiger partial charge in [-0.05, 0) is 49.9 Å². The van der Waals surface area contributed by atoms with Crippen molar-refractivity contribution in [2.75, 3.05) is 13.1 Å². The van der Waals surface area contributed by atoms with E-state index in [1.54, 1.807) is 4.90 Å². The van der Waals surface area contributed by atoms with Crippen LogP contribution in [0.3, 0.4) is 0 Å². The number of likely N-dealkylation sites (tertiary alicyclic amines) is 1. The summed E-state index contributed by atoms with van der Waals surface area (Å²) in [6.07, 6.45) is 0.802. The van der Waals surface area contributed by atoms with E-state index < -0.39 is 11.3 Å². The second kappa shape index (κ2) is 8.28. The van der Waals surface area contributed by atoms with Crippen LogP contribution in [0.15, 0.2) is 46.8 Å². The molecule has 0 aliphatic carbocycles. The summed E-state index contributed by atoms with van der Waals surface area (Å²) in [5.41, 5.74) is 0.246. The Morgan fingerprint density at radius 3 is 2.58 bits per heavy atom. The predicted molar refractivity (Wildman–Crippen MR) is 123 cm³/mol. The number of halogens is 1. The Kier molecular flexibility index (Phi) is 5.83. The Bertz CT molecular complexity index is 1010. The van der Waals surface area contributed by atoms with Gasteiger partial charge < -0.3 is 14.5 Å². The maximum atomic E-state index is 13.4. The fourth-order valence-electron chi connectivity index (χ4n) is 4.00. The number of ether oxygens (including phenoxy) is 1. The number of nitrogens with zero attached hydrogens (tertiary/aromatic N) is 3. The standard InChI is InChI=1S/C23H26ClN3O3S/c1-22(2,3)30-21(29)26-11-9-23(10-12-26)25-19(18-8-5-13-31-18)20(28)27(23)15-16-6-4-7-17(24)14-16/h4-8,13-14H,9-12,15H2,1-3H3. The SMILES string of the molecule is CC(C)(C)OC(=O)N1CCC2(CC1)N=C(c1cccs1)C(=O)N2Cc1cccc(Cl)c1. The lowest BCUT2D eigenvalue weighted by atomic mass is 9.95. The molecular weight excluding hydrogens is 434 g/mol. The highest BCUT2D eigenvalue weighted by Crippen LogP contribution is 2.38. The fourth-order valence-corrected chi connectivity index (χ4v) is 4.92. The molecule has 0 bridgehead atoms. The minimum Gasteiger partial charge on any atom is -0.444 e. The molecule has 0 N–H and O–H groups in total. The molecule has 1 spiro atoms. The highest BCUT2D eigenvalue weighted by atomic mass is 35.5. The zero-order valence-corrected chi connectivity index (χ0v) is 19.5. The van der Waals surface area contributed by atoms with E-state index in [0.29, 0.717) is 43.2 Å². The molecule has 0 unspecified atom stereocenters. The molecule has 31 heavy (non-hydrogen) atoms. The maximum Gasteiger partial charge on any atom is 0.410 e. The molecule has 2 aliphatic heterocycles. The number of benzene rings is 1. The minimum atomic E-state index is -0.669. The van der Waals surface area contributed by atoms with Crippen LogP contribution < -0.4 is 0 Å². The number of rotatable bonds is 3. The summed E-state index contributed by atoms with van der Waals surface area (Å²) < 4.78 is 5.52. The molecule has 0 radical (unpaired) electrons. The molecular formula is C23H26ClN3O3S. The van der Waals surface area contributed by atoms with Crippen LogP contribution in [0.4, 0.5) is 4.79 Å². The van der Waals surface area contributed by atoms with Gasteiger partial charge in [-0.2, -0.15) is 0 Å². The van der Waals surface area contributed by atoms with Crippen LogP contribution in [0.1, 0.15) is 44.1 Å². The normalized spacial score (nSPS) is 18.5. The number of thiophene rings is 1. The third-order valence-corrected chi connectivity index (χ3v) is 6.58. The number of piperidine rings is 1. The number of amides is 2. The molecule has 0 atom stereocenters. The predicted octanol–water partition coefficient (Wildman–Crippen LogP) is 4.96. The Morgan fingerprint density at radius 2 is 1.97 bits per heavy atom. The first kappa shape index (κ1) is 21.8. The topological polar surface area (TPSA) is 62.2 Å². The van der Waals surface area contributed by atoms with E-state index in [1.807, 2.05) is 67.4 Å². The second-order valence-corrected chi connectivity index (χ2v) is 10.3. The zero-order valence-electron chi connectivity index (χ0n) is 17.9. The largest absolute Gasteiger partial charge is 0.444 e. The fraction of sp³-hybridized carbons (Fsp3) is 0.435. The van der Waals surface area contributed by atoms with E-state index in [9.17, 15) is 9.59 Å². The first-order valence-corrected chi connectivity index (χ1v) is 11.6. The lowest BCUT2D eigenvalue weighted by molar-refractivity contribution is -0.130. The van der Waals surface area contributed by atoms with Crippen molar-refractivity contribution in [3.8, 4) is 0 Å². The molecule has 2 amide bonds. The summed E-state index contributed by atoms with van der Waals surface area (Å²) in [5, 5.41) is 2.58. The average molecular weight is 460 g/mol. The number of carbonyl (C=O) groups excluding carboxylic acids is 2.